The molecule has 122 valence electrons. The summed E-state index contributed by atoms with van der Waals surface area (Å²) in [6.07, 6.45) is 0. The maximum Gasteiger partial charge on any atom is 0.339 e. The van der Waals surface area contributed by atoms with E-state index in [9.17, 15) is 9.59 Å². The minimum absolute atomic E-state index is 0.381. The lowest BCUT2D eigenvalue weighted by Gasteiger charge is -2.27. The zero-order chi connectivity index (χ0) is 16.9. The normalized spacial score (nSPS) is 12.8. The Morgan fingerprint density at radius 2 is 1.50 bits per heavy atom. The average molecular weight is 311 g/mol. The Morgan fingerprint density at radius 3 is 1.82 bits per heavy atom. The summed E-state index contributed by atoms with van der Waals surface area (Å²) in [6, 6.07) is 3.21. The van der Waals surface area contributed by atoms with Crippen LogP contribution < -0.4 is 19.5 Å². The van der Waals surface area contributed by atoms with Crippen molar-refractivity contribution in [3.05, 3.63) is 12.1 Å². The van der Waals surface area contributed by atoms with E-state index >= 15 is 0 Å². The smallest absolute Gasteiger partial charge is 0.339 e. The van der Waals surface area contributed by atoms with Gasteiger partial charge in [-0.05, 0) is 13.8 Å². The van der Waals surface area contributed by atoms with E-state index in [0.29, 0.717) is 22.9 Å². The molecule has 0 aliphatic carbocycles. The molecule has 0 saturated heterocycles. The van der Waals surface area contributed by atoms with Crippen LogP contribution in [0.4, 0.5) is 5.69 Å². The van der Waals surface area contributed by atoms with Gasteiger partial charge >= 0.3 is 5.97 Å². The van der Waals surface area contributed by atoms with E-state index in [1.165, 1.54) is 42.3 Å². The number of methoxy groups -OCH3 is 4. The number of carbonyl (C=O) groups is 2. The fourth-order valence-corrected chi connectivity index (χ4v) is 1.93. The number of ketones is 1. The van der Waals surface area contributed by atoms with Crippen LogP contribution in [0.3, 0.4) is 0 Å². The number of benzene rings is 1. The highest BCUT2D eigenvalue weighted by Crippen LogP contribution is 2.40. The van der Waals surface area contributed by atoms with Crippen LogP contribution in [-0.2, 0) is 14.3 Å². The zero-order valence-electron chi connectivity index (χ0n) is 13.6. The van der Waals surface area contributed by atoms with E-state index in [4.69, 9.17) is 18.9 Å². The van der Waals surface area contributed by atoms with Crippen molar-refractivity contribution in [3.8, 4) is 17.2 Å². The number of nitrogens with one attached hydrogen (secondary N) is 1. The lowest BCUT2D eigenvalue weighted by molar-refractivity contribution is -0.148. The van der Waals surface area contributed by atoms with Gasteiger partial charge in [0.1, 0.15) is 0 Å². The molecule has 1 rings (SSSR count). The first kappa shape index (κ1) is 17.6. The first-order chi connectivity index (χ1) is 10.3. The van der Waals surface area contributed by atoms with Gasteiger partial charge in [-0.25, -0.2) is 4.79 Å². The standard InChI is InChI=1S/C15H21NO6/c1-9(17)15(2,14(18)22-6)16-10-7-11(19-3)13(21-5)12(8-10)20-4/h7-8,16H,1-6H3. The molecule has 7 heteroatoms. The van der Waals surface area contributed by atoms with Crippen LogP contribution in [0.5, 0.6) is 17.2 Å². The molecule has 0 saturated carbocycles. The fourth-order valence-electron chi connectivity index (χ4n) is 1.93. The molecule has 0 aliphatic rings. The Hall–Kier alpha value is -2.44. The highest BCUT2D eigenvalue weighted by molar-refractivity contribution is 6.09. The predicted octanol–water partition coefficient (Wildman–Crippen LogP) is 1.64. The SMILES string of the molecule is COC(=O)C(C)(Nc1cc(OC)c(OC)c(OC)c1)C(C)=O. The zero-order valence-corrected chi connectivity index (χ0v) is 13.6. The molecular weight excluding hydrogens is 290 g/mol. The molecule has 1 atom stereocenters. The van der Waals surface area contributed by atoms with Gasteiger partial charge in [-0.3, -0.25) is 4.79 Å². The van der Waals surface area contributed by atoms with Gasteiger partial charge < -0.3 is 24.3 Å². The summed E-state index contributed by atoms with van der Waals surface area (Å²) in [4.78, 5) is 23.8. The van der Waals surface area contributed by atoms with Gasteiger partial charge in [-0.1, -0.05) is 0 Å². The summed E-state index contributed by atoms with van der Waals surface area (Å²) in [5.41, 5.74) is -1.06. The fraction of sp³-hybridized carbons (Fsp3) is 0.467. The lowest BCUT2D eigenvalue weighted by Crippen LogP contribution is -2.50. The Bertz CT molecular complexity index is 546. The number of carbonyl (C=O) groups excluding carboxylic acids is 2. The van der Waals surface area contributed by atoms with Gasteiger partial charge in [0.15, 0.2) is 22.8 Å². The first-order valence-electron chi connectivity index (χ1n) is 6.51. The Kier molecular flexibility index (Phi) is 5.62. The van der Waals surface area contributed by atoms with Gasteiger partial charge in [-0.2, -0.15) is 0 Å². The molecule has 0 amide bonds. The maximum atomic E-state index is 11.9. The van der Waals surface area contributed by atoms with Gasteiger partial charge in [0.2, 0.25) is 5.75 Å². The number of rotatable bonds is 7. The van der Waals surface area contributed by atoms with Crippen molar-refractivity contribution in [2.24, 2.45) is 0 Å². The minimum atomic E-state index is -1.51. The number of Topliss-reactive ketones (excluding diaryl/α,β-unsaturated/α-hetero) is 1. The van der Waals surface area contributed by atoms with Gasteiger partial charge in [0, 0.05) is 17.8 Å². The van der Waals surface area contributed by atoms with E-state index in [1.54, 1.807) is 12.1 Å². The monoisotopic (exact) mass is 311 g/mol. The largest absolute Gasteiger partial charge is 0.493 e. The van der Waals surface area contributed by atoms with Crippen molar-refractivity contribution in [2.75, 3.05) is 33.8 Å². The van der Waals surface area contributed by atoms with Crippen LogP contribution >= 0.6 is 0 Å². The second-order valence-corrected chi connectivity index (χ2v) is 4.71. The van der Waals surface area contributed by atoms with E-state index in [-0.39, 0.29) is 5.78 Å². The van der Waals surface area contributed by atoms with Gasteiger partial charge in [0.05, 0.1) is 28.4 Å². The second-order valence-electron chi connectivity index (χ2n) is 4.71. The number of hydrogen-bond donors (Lipinski definition) is 1. The maximum absolute atomic E-state index is 11.9. The summed E-state index contributed by atoms with van der Waals surface area (Å²) in [7, 11) is 5.67. The van der Waals surface area contributed by atoms with Crippen LogP contribution in [-0.4, -0.2) is 45.7 Å². The number of esters is 1. The van der Waals surface area contributed by atoms with Crippen molar-refractivity contribution in [1.29, 1.82) is 0 Å². The van der Waals surface area contributed by atoms with Crippen molar-refractivity contribution in [3.63, 3.8) is 0 Å². The third-order valence-electron chi connectivity index (χ3n) is 3.36. The van der Waals surface area contributed by atoms with Crippen molar-refractivity contribution in [1.82, 2.24) is 0 Å². The van der Waals surface area contributed by atoms with Crippen molar-refractivity contribution >= 4 is 17.4 Å². The molecule has 0 fully saturated rings. The highest BCUT2D eigenvalue weighted by Gasteiger charge is 2.40. The van der Waals surface area contributed by atoms with E-state index in [2.05, 4.69) is 5.32 Å². The predicted molar refractivity (Wildman–Crippen MR) is 80.8 cm³/mol. The Balaban J connectivity index is 3.32. The lowest BCUT2D eigenvalue weighted by atomic mass is 9.97. The van der Waals surface area contributed by atoms with Crippen LogP contribution in [0, 0.1) is 0 Å². The highest BCUT2D eigenvalue weighted by atomic mass is 16.5. The Labute approximate surface area is 129 Å². The topological polar surface area (TPSA) is 83.1 Å². The summed E-state index contributed by atoms with van der Waals surface area (Å²) in [6.45, 7) is 2.76. The molecule has 0 heterocycles. The van der Waals surface area contributed by atoms with E-state index < -0.39 is 11.5 Å². The molecule has 22 heavy (non-hydrogen) atoms. The molecule has 1 N–H and O–H groups in total. The average Bonchev–Trinajstić information content (AvgIpc) is 2.52. The molecule has 0 aromatic heterocycles. The Morgan fingerprint density at radius 1 is 1.00 bits per heavy atom. The summed E-state index contributed by atoms with van der Waals surface area (Å²) >= 11 is 0. The number of anilines is 1. The number of ether oxygens (including phenoxy) is 4. The summed E-state index contributed by atoms with van der Waals surface area (Å²) in [5.74, 6) is 0.153. The van der Waals surface area contributed by atoms with Crippen LogP contribution in [0.15, 0.2) is 12.1 Å². The third-order valence-corrected chi connectivity index (χ3v) is 3.36. The van der Waals surface area contributed by atoms with Crippen LogP contribution in [0.1, 0.15) is 13.8 Å². The minimum Gasteiger partial charge on any atom is -0.493 e. The van der Waals surface area contributed by atoms with E-state index in [0.717, 1.165) is 0 Å². The van der Waals surface area contributed by atoms with Crippen LogP contribution in [0.2, 0.25) is 0 Å². The molecule has 1 aromatic rings. The second kappa shape index (κ2) is 7.02. The summed E-state index contributed by atoms with van der Waals surface area (Å²) < 4.78 is 20.4. The van der Waals surface area contributed by atoms with Gasteiger partial charge in [0.25, 0.3) is 0 Å². The molecule has 0 bridgehead atoms. The molecular formula is C15H21NO6. The molecule has 7 nitrogen and oxygen atoms in total. The quantitative estimate of drug-likeness (QED) is 0.605. The molecule has 1 aromatic carbocycles. The van der Waals surface area contributed by atoms with Gasteiger partial charge in [-0.15, -0.1) is 0 Å². The molecule has 0 spiro atoms. The van der Waals surface area contributed by atoms with Crippen molar-refractivity contribution < 1.29 is 28.5 Å². The first-order valence-corrected chi connectivity index (χ1v) is 6.51. The van der Waals surface area contributed by atoms with Crippen LogP contribution in [0.25, 0.3) is 0 Å². The van der Waals surface area contributed by atoms with E-state index in [1.807, 2.05) is 0 Å². The molecule has 0 radical (unpaired) electrons. The third kappa shape index (κ3) is 3.24. The molecule has 0 aliphatic heterocycles. The molecule has 1 unspecified atom stereocenters. The summed E-state index contributed by atoms with van der Waals surface area (Å²) in [5, 5.41) is 2.87. The number of hydrogen-bond acceptors (Lipinski definition) is 7. The van der Waals surface area contributed by atoms with Crippen molar-refractivity contribution in [2.45, 2.75) is 19.4 Å².